The summed E-state index contributed by atoms with van der Waals surface area (Å²) in [6.45, 7) is 1.68. The third-order valence-corrected chi connectivity index (χ3v) is 7.96. The molecule has 2 aromatic rings. The molecule has 2 aromatic carbocycles. The summed E-state index contributed by atoms with van der Waals surface area (Å²) in [5, 5.41) is 21.7. The Kier molecular flexibility index (Phi) is 8.50. The highest BCUT2D eigenvalue weighted by molar-refractivity contribution is 6.32. The molecule has 2 aliphatic rings. The minimum absolute atomic E-state index is 0.0338. The molecule has 190 valence electrons. The maximum Gasteiger partial charge on any atom is 0.317 e. The lowest BCUT2D eigenvalue weighted by Gasteiger charge is -2.36. The van der Waals surface area contributed by atoms with Crippen molar-refractivity contribution >= 4 is 29.2 Å². The second kappa shape index (κ2) is 11.8. The number of carbonyl (C=O) groups is 2. The van der Waals surface area contributed by atoms with E-state index >= 15 is 0 Å². The smallest absolute Gasteiger partial charge is 0.317 e. The zero-order valence-electron chi connectivity index (χ0n) is 20.6. The number of amides is 1. The van der Waals surface area contributed by atoms with Gasteiger partial charge in [-0.15, -0.1) is 0 Å². The van der Waals surface area contributed by atoms with Crippen molar-refractivity contribution < 1.29 is 14.7 Å². The van der Waals surface area contributed by atoms with Gasteiger partial charge in [0.05, 0.1) is 17.1 Å². The van der Waals surface area contributed by atoms with Crippen LogP contribution in [0.3, 0.4) is 0 Å². The van der Waals surface area contributed by atoms with Crippen molar-refractivity contribution in [2.24, 2.45) is 0 Å². The number of aliphatic carboxylic acids is 1. The van der Waals surface area contributed by atoms with E-state index in [0.29, 0.717) is 28.1 Å². The zero-order valence-corrected chi connectivity index (χ0v) is 21.4. The molecule has 0 bridgehead atoms. The van der Waals surface area contributed by atoms with E-state index in [1.807, 2.05) is 41.3 Å². The van der Waals surface area contributed by atoms with E-state index in [9.17, 15) is 9.59 Å². The standard InChI is InChI=1S/C28H33ClN4O3/c1-32(25-9-6-22(17-30)26(29)16-25)24-10-7-23(8-11-24)31-28(36)21-4-2-19(3-5-21)20-12-14-33(15-13-20)18-27(34)35/h2-6,9,16,20,23-24H,7-8,10-15,18H2,1H3,(H,31,36)(H,34,35)/t23-,24-. The predicted molar refractivity (Wildman–Crippen MR) is 141 cm³/mol. The summed E-state index contributed by atoms with van der Waals surface area (Å²) in [6, 6.07) is 16.0. The molecule has 1 saturated heterocycles. The number of carbonyl (C=O) groups excluding carboxylic acids is 1. The second-order valence-corrected chi connectivity index (χ2v) is 10.3. The molecule has 0 unspecified atom stereocenters. The first-order valence-electron chi connectivity index (χ1n) is 12.6. The predicted octanol–water partition coefficient (Wildman–Crippen LogP) is 4.65. The van der Waals surface area contributed by atoms with Crippen molar-refractivity contribution in [1.82, 2.24) is 10.2 Å². The number of nitriles is 1. The van der Waals surface area contributed by atoms with Crippen molar-refractivity contribution in [3.63, 3.8) is 0 Å². The van der Waals surface area contributed by atoms with E-state index in [1.54, 1.807) is 6.07 Å². The second-order valence-electron chi connectivity index (χ2n) is 9.93. The largest absolute Gasteiger partial charge is 0.480 e. The quantitative estimate of drug-likeness (QED) is 0.565. The third kappa shape index (κ3) is 6.37. The van der Waals surface area contributed by atoms with Gasteiger partial charge in [0.2, 0.25) is 0 Å². The summed E-state index contributed by atoms with van der Waals surface area (Å²) in [7, 11) is 2.05. The number of carboxylic acids is 1. The van der Waals surface area contributed by atoms with Crippen LogP contribution in [-0.4, -0.2) is 60.6 Å². The molecule has 36 heavy (non-hydrogen) atoms. The third-order valence-electron chi connectivity index (χ3n) is 7.65. The van der Waals surface area contributed by atoms with E-state index in [4.69, 9.17) is 22.0 Å². The number of nitrogens with zero attached hydrogens (tertiary/aromatic N) is 3. The van der Waals surface area contributed by atoms with Crippen LogP contribution in [0.5, 0.6) is 0 Å². The monoisotopic (exact) mass is 508 g/mol. The summed E-state index contributed by atoms with van der Waals surface area (Å²) in [6.07, 6.45) is 5.64. The van der Waals surface area contributed by atoms with Crippen molar-refractivity contribution in [2.75, 3.05) is 31.6 Å². The first-order valence-corrected chi connectivity index (χ1v) is 13.0. The highest BCUT2D eigenvalue weighted by atomic mass is 35.5. The van der Waals surface area contributed by atoms with Crippen LogP contribution in [0.1, 0.15) is 65.9 Å². The molecule has 0 atom stereocenters. The Balaban J connectivity index is 1.25. The normalized spacial score (nSPS) is 20.9. The summed E-state index contributed by atoms with van der Waals surface area (Å²) >= 11 is 6.21. The van der Waals surface area contributed by atoms with Gasteiger partial charge in [0.25, 0.3) is 5.91 Å². The van der Waals surface area contributed by atoms with Crippen molar-refractivity contribution in [3.05, 3.63) is 64.2 Å². The van der Waals surface area contributed by atoms with Crippen LogP contribution < -0.4 is 10.2 Å². The van der Waals surface area contributed by atoms with Gasteiger partial charge in [0.15, 0.2) is 0 Å². The molecule has 2 fully saturated rings. The minimum Gasteiger partial charge on any atom is -0.480 e. The number of hydrogen-bond donors (Lipinski definition) is 2. The number of likely N-dealkylation sites (tertiary alicyclic amines) is 1. The Morgan fingerprint density at radius 2 is 1.75 bits per heavy atom. The summed E-state index contributed by atoms with van der Waals surface area (Å²) < 4.78 is 0. The van der Waals surface area contributed by atoms with Gasteiger partial charge in [0.1, 0.15) is 6.07 Å². The molecule has 4 rings (SSSR count). The number of anilines is 1. The van der Waals surface area contributed by atoms with Crippen molar-refractivity contribution in [3.8, 4) is 6.07 Å². The highest BCUT2D eigenvalue weighted by Crippen LogP contribution is 2.30. The molecular formula is C28H33ClN4O3. The molecule has 1 heterocycles. The fourth-order valence-corrected chi connectivity index (χ4v) is 5.64. The van der Waals surface area contributed by atoms with Gasteiger partial charge in [-0.25, -0.2) is 0 Å². The molecular weight excluding hydrogens is 476 g/mol. The number of hydrogen-bond acceptors (Lipinski definition) is 5. The SMILES string of the molecule is CN(c1ccc(C#N)c(Cl)c1)[C@H]1CC[C@H](NC(=O)c2ccc(C3CCN(CC(=O)O)CC3)cc2)CC1. The van der Waals surface area contributed by atoms with Gasteiger partial charge >= 0.3 is 5.97 Å². The summed E-state index contributed by atoms with van der Waals surface area (Å²) in [4.78, 5) is 28.0. The van der Waals surface area contributed by atoms with Gasteiger partial charge in [-0.2, -0.15) is 5.26 Å². The maximum absolute atomic E-state index is 12.9. The Morgan fingerprint density at radius 1 is 1.08 bits per heavy atom. The molecule has 8 heteroatoms. The lowest BCUT2D eigenvalue weighted by Crippen LogP contribution is -2.43. The number of rotatable bonds is 7. The molecule has 1 aliphatic heterocycles. The molecule has 0 radical (unpaired) electrons. The van der Waals surface area contributed by atoms with Crippen molar-refractivity contribution in [2.45, 2.75) is 56.5 Å². The fraction of sp³-hybridized carbons (Fsp3) is 0.464. The average Bonchev–Trinajstić information content (AvgIpc) is 2.89. The van der Waals surface area contributed by atoms with Crippen LogP contribution in [-0.2, 0) is 4.79 Å². The Bertz CT molecular complexity index is 1110. The molecule has 0 aromatic heterocycles. The number of halogens is 1. The van der Waals surface area contributed by atoms with E-state index in [0.717, 1.165) is 57.3 Å². The topological polar surface area (TPSA) is 96.7 Å². The van der Waals surface area contributed by atoms with Crippen LogP contribution >= 0.6 is 11.6 Å². The molecule has 1 aliphatic carbocycles. The molecule has 2 N–H and O–H groups in total. The summed E-state index contributed by atoms with van der Waals surface area (Å²) in [5.41, 5.74) is 3.37. The zero-order chi connectivity index (χ0) is 25.7. The van der Waals surface area contributed by atoms with Crippen LogP contribution in [0.25, 0.3) is 0 Å². The Hall–Kier alpha value is -3.08. The van der Waals surface area contributed by atoms with Gasteiger partial charge in [-0.3, -0.25) is 14.5 Å². The van der Waals surface area contributed by atoms with Gasteiger partial charge in [-0.05, 0) is 93.4 Å². The molecule has 1 amide bonds. The van der Waals surface area contributed by atoms with Crippen LogP contribution in [0.4, 0.5) is 5.69 Å². The Labute approximate surface area is 217 Å². The van der Waals surface area contributed by atoms with Gasteiger partial charge < -0.3 is 15.3 Å². The van der Waals surface area contributed by atoms with E-state index < -0.39 is 5.97 Å². The average molecular weight is 509 g/mol. The van der Waals surface area contributed by atoms with Crippen LogP contribution in [0, 0.1) is 11.3 Å². The maximum atomic E-state index is 12.9. The number of nitrogens with one attached hydrogen (secondary N) is 1. The summed E-state index contributed by atoms with van der Waals surface area (Å²) in [5.74, 6) is -0.403. The first kappa shape index (κ1) is 26.0. The number of carboxylic acid groups (broad SMARTS) is 1. The first-order chi connectivity index (χ1) is 17.3. The minimum atomic E-state index is -0.777. The number of piperidine rings is 1. The molecule has 7 nitrogen and oxygen atoms in total. The van der Waals surface area contributed by atoms with Gasteiger partial charge in [0, 0.05) is 30.4 Å². The van der Waals surface area contributed by atoms with E-state index in [2.05, 4.69) is 23.3 Å². The van der Waals surface area contributed by atoms with Crippen LogP contribution in [0.15, 0.2) is 42.5 Å². The molecule has 1 saturated carbocycles. The lowest BCUT2D eigenvalue weighted by atomic mass is 9.88. The van der Waals surface area contributed by atoms with Crippen molar-refractivity contribution in [1.29, 1.82) is 5.26 Å². The highest BCUT2D eigenvalue weighted by Gasteiger charge is 2.26. The number of benzene rings is 2. The fourth-order valence-electron chi connectivity index (χ4n) is 5.42. The Morgan fingerprint density at radius 3 is 2.33 bits per heavy atom. The van der Waals surface area contributed by atoms with E-state index in [1.165, 1.54) is 5.56 Å². The van der Waals surface area contributed by atoms with Crippen LogP contribution in [0.2, 0.25) is 5.02 Å². The molecule has 0 spiro atoms. The van der Waals surface area contributed by atoms with Gasteiger partial charge in [-0.1, -0.05) is 23.7 Å². The van der Waals surface area contributed by atoms with E-state index in [-0.39, 0.29) is 18.5 Å². The lowest BCUT2D eigenvalue weighted by molar-refractivity contribution is -0.138.